The third-order valence-corrected chi connectivity index (χ3v) is 3.99. The second-order valence-corrected chi connectivity index (χ2v) is 5.32. The largest absolute Gasteiger partial charge is 0.306 e. The molecule has 0 saturated carbocycles. The molecule has 2 aromatic rings. The Morgan fingerprint density at radius 3 is 2.11 bits per heavy atom. The van der Waals surface area contributed by atoms with Gasteiger partial charge >= 0.3 is 0 Å². The molecule has 1 heteroatoms. The maximum absolute atomic E-state index is 3.73. The molecule has 1 aliphatic rings. The monoisotopic (exact) mass is 251 g/mol. The van der Waals surface area contributed by atoms with Crippen LogP contribution in [-0.4, -0.2) is 6.54 Å². The summed E-state index contributed by atoms with van der Waals surface area (Å²) >= 11 is 0. The first-order valence-corrected chi connectivity index (χ1v) is 7.29. The van der Waals surface area contributed by atoms with Crippen LogP contribution in [-0.2, 0) is 6.42 Å². The minimum absolute atomic E-state index is 0.368. The zero-order chi connectivity index (χ0) is 13.1. The van der Waals surface area contributed by atoms with Gasteiger partial charge in [0.15, 0.2) is 0 Å². The first-order chi connectivity index (χ1) is 9.40. The van der Waals surface area contributed by atoms with E-state index in [0.717, 1.165) is 13.0 Å². The van der Waals surface area contributed by atoms with Crippen molar-refractivity contribution in [1.29, 1.82) is 0 Å². The number of benzene rings is 2. The summed E-state index contributed by atoms with van der Waals surface area (Å²) in [6.07, 6.45) is 3.54. The predicted octanol–water partition coefficient (Wildman–Crippen LogP) is 4.07. The molecule has 0 saturated heterocycles. The molecular formula is C18H21N. The van der Waals surface area contributed by atoms with Crippen molar-refractivity contribution in [3.8, 4) is 0 Å². The standard InChI is InChI=1S/C18H21N/c1-2-3-12-19-18-16-10-6-4-8-14(16)13-15-9-5-7-11-17(15)18/h4-11,18-19H,2-3,12-13H2,1H3. The van der Waals surface area contributed by atoms with E-state index in [1.807, 2.05) is 0 Å². The van der Waals surface area contributed by atoms with Crippen LogP contribution in [0.25, 0.3) is 0 Å². The fraction of sp³-hybridized carbons (Fsp3) is 0.333. The van der Waals surface area contributed by atoms with Gasteiger partial charge < -0.3 is 5.32 Å². The summed E-state index contributed by atoms with van der Waals surface area (Å²) in [6.45, 7) is 3.33. The average molecular weight is 251 g/mol. The van der Waals surface area contributed by atoms with Crippen molar-refractivity contribution >= 4 is 0 Å². The second-order valence-electron chi connectivity index (χ2n) is 5.32. The van der Waals surface area contributed by atoms with Crippen LogP contribution in [0.2, 0.25) is 0 Å². The Morgan fingerprint density at radius 2 is 1.53 bits per heavy atom. The van der Waals surface area contributed by atoms with Crippen molar-refractivity contribution in [2.45, 2.75) is 32.2 Å². The minimum atomic E-state index is 0.368. The summed E-state index contributed by atoms with van der Waals surface area (Å²) in [4.78, 5) is 0. The first kappa shape index (κ1) is 12.4. The molecule has 0 spiro atoms. The highest BCUT2D eigenvalue weighted by atomic mass is 14.9. The van der Waals surface area contributed by atoms with Crippen LogP contribution in [0.1, 0.15) is 48.1 Å². The molecule has 0 aromatic heterocycles. The molecule has 1 aliphatic carbocycles. The lowest BCUT2D eigenvalue weighted by Crippen LogP contribution is -2.28. The third-order valence-electron chi connectivity index (χ3n) is 3.99. The molecule has 0 aliphatic heterocycles. The van der Waals surface area contributed by atoms with E-state index in [2.05, 4.69) is 60.8 Å². The van der Waals surface area contributed by atoms with Crippen molar-refractivity contribution in [2.24, 2.45) is 0 Å². The van der Waals surface area contributed by atoms with E-state index in [1.54, 1.807) is 0 Å². The van der Waals surface area contributed by atoms with Crippen LogP contribution in [0.4, 0.5) is 0 Å². The maximum atomic E-state index is 3.73. The van der Waals surface area contributed by atoms with Crippen LogP contribution in [0, 0.1) is 0 Å². The molecule has 0 bridgehead atoms. The second kappa shape index (κ2) is 5.58. The van der Waals surface area contributed by atoms with E-state index in [-0.39, 0.29) is 0 Å². The third kappa shape index (κ3) is 2.43. The van der Waals surface area contributed by atoms with Gasteiger partial charge in [0.25, 0.3) is 0 Å². The Bertz CT molecular complexity index is 514. The molecular weight excluding hydrogens is 230 g/mol. The van der Waals surface area contributed by atoms with E-state index < -0.39 is 0 Å². The van der Waals surface area contributed by atoms with Gasteiger partial charge in [-0.2, -0.15) is 0 Å². The Kier molecular flexibility index (Phi) is 3.65. The topological polar surface area (TPSA) is 12.0 Å². The lowest BCUT2D eigenvalue weighted by atomic mass is 9.82. The Hall–Kier alpha value is -1.60. The van der Waals surface area contributed by atoms with Crippen molar-refractivity contribution in [3.05, 3.63) is 70.8 Å². The molecule has 1 nitrogen and oxygen atoms in total. The molecule has 19 heavy (non-hydrogen) atoms. The van der Waals surface area contributed by atoms with E-state index in [1.165, 1.54) is 35.1 Å². The van der Waals surface area contributed by atoms with E-state index in [0.29, 0.717) is 6.04 Å². The molecule has 0 unspecified atom stereocenters. The molecule has 0 fully saturated rings. The Morgan fingerprint density at radius 1 is 0.947 bits per heavy atom. The number of nitrogens with one attached hydrogen (secondary N) is 1. The fourth-order valence-corrected chi connectivity index (χ4v) is 2.97. The highest BCUT2D eigenvalue weighted by Gasteiger charge is 2.23. The molecule has 2 aromatic carbocycles. The zero-order valence-electron chi connectivity index (χ0n) is 11.5. The van der Waals surface area contributed by atoms with Crippen LogP contribution in [0.3, 0.4) is 0 Å². The summed E-state index contributed by atoms with van der Waals surface area (Å²) in [5.74, 6) is 0. The van der Waals surface area contributed by atoms with Gasteiger partial charge in [0.2, 0.25) is 0 Å². The number of hydrogen-bond donors (Lipinski definition) is 1. The molecule has 0 radical (unpaired) electrons. The van der Waals surface area contributed by atoms with Gasteiger partial charge in [0.05, 0.1) is 6.04 Å². The first-order valence-electron chi connectivity index (χ1n) is 7.29. The van der Waals surface area contributed by atoms with Crippen molar-refractivity contribution in [3.63, 3.8) is 0 Å². The summed E-state index contributed by atoms with van der Waals surface area (Å²) in [5.41, 5.74) is 5.85. The predicted molar refractivity (Wildman–Crippen MR) is 80.4 cm³/mol. The van der Waals surface area contributed by atoms with Crippen LogP contribution >= 0.6 is 0 Å². The minimum Gasteiger partial charge on any atom is -0.306 e. The number of unbranched alkanes of at least 4 members (excludes halogenated alkanes) is 1. The normalized spacial score (nSPS) is 13.9. The molecule has 0 heterocycles. The maximum Gasteiger partial charge on any atom is 0.0582 e. The van der Waals surface area contributed by atoms with Crippen molar-refractivity contribution in [1.82, 2.24) is 5.32 Å². The highest BCUT2D eigenvalue weighted by molar-refractivity contribution is 5.48. The highest BCUT2D eigenvalue weighted by Crippen LogP contribution is 2.34. The molecule has 0 atom stereocenters. The lowest BCUT2D eigenvalue weighted by Gasteiger charge is -2.29. The van der Waals surface area contributed by atoms with Gasteiger partial charge in [0, 0.05) is 0 Å². The van der Waals surface area contributed by atoms with Gasteiger partial charge in [-0.25, -0.2) is 0 Å². The molecule has 1 N–H and O–H groups in total. The zero-order valence-corrected chi connectivity index (χ0v) is 11.5. The Balaban J connectivity index is 1.96. The number of fused-ring (bicyclic) bond motifs is 2. The fourth-order valence-electron chi connectivity index (χ4n) is 2.97. The van der Waals surface area contributed by atoms with Gasteiger partial charge in [0.1, 0.15) is 0 Å². The van der Waals surface area contributed by atoms with Gasteiger partial charge in [-0.15, -0.1) is 0 Å². The summed E-state index contributed by atoms with van der Waals surface area (Å²) in [6, 6.07) is 18.0. The molecule has 3 rings (SSSR count). The summed E-state index contributed by atoms with van der Waals surface area (Å²) in [5, 5.41) is 3.73. The molecule has 0 amide bonds. The Labute approximate surface area is 115 Å². The smallest absolute Gasteiger partial charge is 0.0582 e. The van der Waals surface area contributed by atoms with Crippen molar-refractivity contribution in [2.75, 3.05) is 6.54 Å². The van der Waals surface area contributed by atoms with Crippen LogP contribution < -0.4 is 5.32 Å². The van der Waals surface area contributed by atoms with E-state index >= 15 is 0 Å². The van der Waals surface area contributed by atoms with Crippen LogP contribution in [0.5, 0.6) is 0 Å². The molecule has 98 valence electrons. The summed E-state index contributed by atoms with van der Waals surface area (Å²) < 4.78 is 0. The lowest BCUT2D eigenvalue weighted by molar-refractivity contribution is 0.566. The van der Waals surface area contributed by atoms with E-state index in [9.17, 15) is 0 Å². The van der Waals surface area contributed by atoms with E-state index in [4.69, 9.17) is 0 Å². The van der Waals surface area contributed by atoms with Gasteiger partial charge in [-0.05, 0) is 41.6 Å². The van der Waals surface area contributed by atoms with Crippen molar-refractivity contribution < 1.29 is 0 Å². The van der Waals surface area contributed by atoms with Crippen LogP contribution in [0.15, 0.2) is 48.5 Å². The van der Waals surface area contributed by atoms with Gasteiger partial charge in [-0.3, -0.25) is 0 Å². The number of hydrogen-bond acceptors (Lipinski definition) is 1. The van der Waals surface area contributed by atoms with Gasteiger partial charge in [-0.1, -0.05) is 61.9 Å². The summed E-state index contributed by atoms with van der Waals surface area (Å²) in [7, 11) is 0. The quantitative estimate of drug-likeness (QED) is 0.808. The average Bonchev–Trinajstić information content (AvgIpc) is 2.46. The number of rotatable bonds is 4. The SMILES string of the molecule is CCCCNC1c2ccccc2Cc2ccccc21.